The van der Waals surface area contributed by atoms with E-state index >= 15 is 0 Å². The van der Waals surface area contributed by atoms with Gasteiger partial charge in [0.2, 0.25) is 5.91 Å². The van der Waals surface area contributed by atoms with Crippen LogP contribution in [-0.2, 0) is 16.0 Å². The molecular formula is C19H21N3O4S. The number of pyridine rings is 1. The lowest BCUT2D eigenvalue weighted by Crippen LogP contribution is -2.63. The summed E-state index contributed by atoms with van der Waals surface area (Å²) in [5.41, 5.74) is 2.06. The summed E-state index contributed by atoms with van der Waals surface area (Å²) in [6.07, 6.45) is 3.63. The lowest BCUT2D eigenvalue weighted by Gasteiger charge is -2.46. The van der Waals surface area contributed by atoms with Crippen LogP contribution in [0.1, 0.15) is 19.5 Å². The molecule has 2 aromatic heterocycles. The SMILES string of the molecule is C[C@@H](O)[C@H]1C(=O)N2C(C(=O)O)=C(SCCc3cccc4nccn34)[C@H](C)[C@H]12. The quantitative estimate of drug-likeness (QED) is 0.734. The number of amides is 1. The molecule has 0 saturated carbocycles. The summed E-state index contributed by atoms with van der Waals surface area (Å²) in [5, 5.41) is 19.6. The van der Waals surface area contributed by atoms with E-state index in [1.54, 1.807) is 13.1 Å². The zero-order valence-electron chi connectivity index (χ0n) is 15.1. The van der Waals surface area contributed by atoms with Crippen molar-refractivity contribution >= 4 is 29.3 Å². The first-order valence-electron chi connectivity index (χ1n) is 8.94. The molecule has 142 valence electrons. The molecule has 0 bridgehead atoms. The molecule has 2 aliphatic rings. The standard InChI is InChI=1S/C19H21N3O4S/c1-10-15-14(11(2)23)18(24)22(15)16(19(25)26)17(10)27-9-6-12-4-3-5-13-20-7-8-21(12)13/h3-5,7-8,10-11,14-15,23H,6,9H2,1-2H3,(H,25,26)/t10-,11-,14-,15-/m1/s1. The van der Waals surface area contributed by atoms with Crippen molar-refractivity contribution in [1.82, 2.24) is 14.3 Å². The molecule has 1 saturated heterocycles. The average Bonchev–Trinajstić information content (AvgIpc) is 3.17. The van der Waals surface area contributed by atoms with Crippen molar-refractivity contribution in [2.24, 2.45) is 11.8 Å². The van der Waals surface area contributed by atoms with Crippen LogP contribution in [0.3, 0.4) is 0 Å². The number of nitrogens with zero attached hydrogens (tertiary/aromatic N) is 3. The molecule has 4 atom stereocenters. The van der Waals surface area contributed by atoms with Gasteiger partial charge in [0, 0.05) is 34.7 Å². The summed E-state index contributed by atoms with van der Waals surface area (Å²) in [6.45, 7) is 3.53. The van der Waals surface area contributed by atoms with Crippen LogP contribution in [0, 0.1) is 11.8 Å². The Hall–Kier alpha value is -2.32. The first kappa shape index (κ1) is 18.1. The Morgan fingerprint density at radius 1 is 1.41 bits per heavy atom. The maximum atomic E-state index is 12.4. The van der Waals surface area contributed by atoms with Gasteiger partial charge in [0.15, 0.2) is 0 Å². The Labute approximate surface area is 160 Å². The minimum atomic E-state index is -1.08. The number of β-lactam (4-membered cyclic amide) rings is 1. The van der Waals surface area contributed by atoms with Gasteiger partial charge in [-0.15, -0.1) is 11.8 Å². The van der Waals surface area contributed by atoms with Crippen molar-refractivity contribution in [2.75, 3.05) is 5.75 Å². The van der Waals surface area contributed by atoms with E-state index < -0.39 is 18.0 Å². The van der Waals surface area contributed by atoms with E-state index in [2.05, 4.69) is 4.98 Å². The highest BCUT2D eigenvalue weighted by molar-refractivity contribution is 8.03. The number of carbonyl (C=O) groups is 2. The van der Waals surface area contributed by atoms with Crippen molar-refractivity contribution in [2.45, 2.75) is 32.4 Å². The van der Waals surface area contributed by atoms with Crippen LogP contribution in [0.5, 0.6) is 0 Å². The molecular weight excluding hydrogens is 366 g/mol. The summed E-state index contributed by atoms with van der Waals surface area (Å²) in [5.74, 6) is -1.30. The third-order valence-electron chi connectivity index (χ3n) is 5.44. The van der Waals surface area contributed by atoms with Gasteiger partial charge in [-0.3, -0.25) is 4.79 Å². The Balaban J connectivity index is 1.53. The third-order valence-corrected chi connectivity index (χ3v) is 6.72. The molecule has 2 N–H and O–H groups in total. The Morgan fingerprint density at radius 3 is 2.89 bits per heavy atom. The highest BCUT2D eigenvalue weighted by Crippen LogP contribution is 2.50. The molecule has 7 nitrogen and oxygen atoms in total. The number of aromatic nitrogens is 2. The minimum absolute atomic E-state index is 0.0836. The summed E-state index contributed by atoms with van der Waals surface area (Å²) >= 11 is 1.49. The van der Waals surface area contributed by atoms with E-state index in [4.69, 9.17) is 0 Å². The van der Waals surface area contributed by atoms with Crippen LogP contribution in [-0.4, -0.2) is 54.3 Å². The fourth-order valence-electron chi connectivity index (χ4n) is 4.19. The van der Waals surface area contributed by atoms with Crippen LogP contribution in [0.15, 0.2) is 41.2 Å². The summed E-state index contributed by atoms with van der Waals surface area (Å²) in [4.78, 5) is 30.5. The number of carboxylic acids is 1. The number of fused-ring (bicyclic) bond motifs is 2. The largest absolute Gasteiger partial charge is 0.477 e. The highest BCUT2D eigenvalue weighted by Gasteiger charge is 2.59. The molecule has 0 radical (unpaired) electrons. The number of thioether (sulfide) groups is 1. The second kappa shape index (κ2) is 6.69. The van der Waals surface area contributed by atoms with Crippen molar-refractivity contribution in [3.8, 4) is 0 Å². The average molecular weight is 387 g/mol. The van der Waals surface area contributed by atoms with E-state index in [0.717, 1.165) is 22.7 Å². The topological polar surface area (TPSA) is 95.1 Å². The van der Waals surface area contributed by atoms with Crippen LogP contribution < -0.4 is 0 Å². The van der Waals surface area contributed by atoms with Crippen LogP contribution >= 0.6 is 11.8 Å². The molecule has 1 amide bonds. The van der Waals surface area contributed by atoms with Gasteiger partial charge in [0.1, 0.15) is 11.3 Å². The van der Waals surface area contributed by atoms with Gasteiger partial charge in [-0.25, -0.2) is 9.78 Å². The monoisotopic (exact) mass is 387 g/mol. The van der Waals surface area contributed by atoms with Crippen molar-refractivity contribution < 1.29 is 19.8 Å². The molecule has 0 aromatic carbocycles. The smallest absolute Gasteiger partial charge is 0.353 e. The Kier molecular flexibility index (Phi) is 4.47. The van der Waals surface area contributed by atoms with E-state index in [-0.39, 0.29) is 23.6 Å². The second-order valence-corrected chi connectivity index (χ2v) is 8.18. The first-order valence-corrected chi connectivity index (χ1v) is 9.92. The van der Waals surface area contributed by atoms with Crippen molar-refractivity contribution in [3.05, 3.63) is 46.9 Å². The number of carbonyl (C=O) groups excluding carboxylic acids is 1. The first-order chi connectivity index (χ1) is 12.9. The highest BCUT2D eigenvalue weighted by atomic mass is 32.2. The summed E-state index contributed by atoms with van der Waals surface area (Å²) in [6, 6.07) is 5.66. The molecule has 8 heteroatoms. The van der Waals surface area contributed by atoms with Crippen LogP contribution in [0.25, 0.3) is 5.65 Å². The molecule has 4 rings (SSSR count). The fourth-order valence-corrected chi connectivity index (χ4v) is 5.45. The van der Waals surface area contributed by atoms with Gasteiger partial charge in [-0.1, -0.05) is 13.0 Å². The number of carboxylic acid groups (broad SMARTS) is 1. The van der Waals surface area contributed by atoms with Gasteiger partial charge in [-0.2, -0.15) is 0 Å². The predicted octanol–water partition coefficient (Wildman–Crippen LogP) is 1.76. The normalized spacial score (nSPS) is 25.7. The fraction of sp³-hybridized carbons (Fsp3) is 0.421. The Bertz CT molecular complexity index is 951. The lowest BCUT2D eigenvalue weighted by atomic mass is 9.79. The number of imidazole rings is 1. The van der Waals surface area contributed by atoms with Gasteiger partial charge < -0.3 is 19.5 Å². The van der Waals surface area contributed by atoms with Gasteiger partial charge in [0.05, 0.1) is 18.1 Å². The molecule has 0 spiro atoms. The number of hydrogen-bond donors (Lipinski definition) is 2. The van der Waals surface area contributed by atoms with E-state index in [1.165, 1.54) is 16.7 Å². The van der Waals surface area contributed by atoms with E-state index in [0.29, 0.717) is 5.75 Å². The van der Waals surface area contributed by atoms with Crippen LogP contribution in [0.4, 0.5) is 0 Å². The number of aryl methyl sites for hydroxylation is 1. The summed E-state index contributed by atoms with van der Waals surface area (Å²) in [7, 11) is 0. The zero-order chi connectivity index (χ0) is 19.3. The number of aliphatic carboxylic acids is 1. The number of hydrogen-bond acceptors (Lipinski definition) is 5. The third kappa shape index (κ3) is 2.74. The van der Waals surface area contributed by atoms with Crippen molar-refractivity contribution in [3.63, 3.8) is 0 Å². The molecule has 27 heavy (non-hydrogen) atoms. The van der Waals surface area contributed by atoms with E-state index in [1.807, 2.05) is 35.7 Å². The second-order valence-electron chi connectivity index (χ2n) is 7.04. The minimum Gasteiger partial charge on any atom is -0.477 e. The number of aliphatic hydroxyl groups excluding tert-OH is 1. The summed E-state index contributed by atoms with van der Waals surface area (Å²) < 4.78 is 2.02. The molecule has 2 aliphatic heterocycles. The predicted molar refractivity (Wildman–Crippen MR) is 101 cm³/mol. The van der Waals surface area contributed by atoms with Crippen molar-refractivity contribution in [1.29, 1.82) is 0 Å². The number of aliphatic hydroxyl groups is 1. The van der Waals surface area contributed by atoms with E-state index in [9.17, 15) is 19.8 Å². The Morgan fingerprint density at radius 2 is 2.19 bits per heavy atom. The maximum absolute atomic E-state index is 12.4. The zero-order valence-corrected chi connectivity index (χ0v) is 15.9. The maximum Gasteiger partial charge on any atom is 0.353 e. The number of rotatable bonds is 6. The van der Waals surface area contributed by atoms with Crippen LogP contribution in [0.2, 0.25) is 0 Å². The lowest BCUT2D eigenvalue weighted by molar-refractivity contribution is -0.163. The van der Waals surface area contributed by atoms with Gasteiger partial charge in [0.25, 0.3) is 0 Å². The molecule has 0 unspecified atom stereocenters. The molecule has 4 heterocycles. The molecule has 1 fully saturated rings. The molecule has 0 aliphatic carbocycles. The molecule has 2 aromatic rings. The van der Waals surface area contributed by atoms with Gasteiger partial charge >= 0.3 is 5.97 Å². The van der Waals surface area contributed by atoms with Gasteiger partial charge in [-0.05, 0) is 25.5 Å².